The number of pyridine rings is 1. The van der Waals surface area contributed by atoms with Gasteiger partial charge in [0.15, 0.2) is 5.82 Å². The van der Waals surface area contributed by atoms with Gasteiger partial charge in [-0.2, -0.15) is 0 Å². The minimum atomic E-state index is -0.349. The zero-order valence-electron chi connectivity index (χ0n) is 15.4. The van der Waals surface area contributed by atoms with E-state index in [2.05, 4.69) is 15.0 Å². The molecule has 3 aromatic rings. The highest BCUT2D eigenvalue weighted by Crippen LogP contribution is 2.28. The number of fused-ring (bicyclic) bond motifs is 1. The SMILES string of the molecule is Cc1nc(-c2ccccn2)[nH]c(=O)c1CC(=O)N1CCCc2cc(F)ccc21. The van der Waals surface area contributed by atoms with E-state index in [9.17, 15) is 14.0 Å². The van der Waals surface area contributed by atoms with Gasteiger partial charge in [-0.15, -0.1) is 0 Å². The van der Waals surface area contributed by atoms with Crippen LogP contribution in [0.15, 0.2) is 47.4 Å². The van der Waals surface area contributed by atoms with E-state index in [0.29, 0.717) is 35.0 Å². The van der Waals surface area contributed by atoms with Crippen LogP contribution in [0.3, 0.4) is 0 Å². The normalized spacial score (nSPS) is 13.3. The first-order valence-corrected chi connectivity index (χ1v) is 9.13. The molecule has 142 valence electrons. The van der Waals surface area contributed by atoms with E-state index in [0.717, 1.165) is 18.4 Å². The summed E-state index contributed by atoms with van der Waals surface area (Å²) in [5.41, 5.74) is 2.57. The second kappa shape index (κ2) is 7.34. The van der Waals surface area contributed by atoms with Crippen LogP contribution in [0.4, 0.5) is 10.1 Å². The fourth-order valence-electron chi connectivity index (χ4n) is 3.51. The lowest BCUT2D eigenvalue weighted by atomic mass is 10.0. The third-order valence-corrected chi connectivity index (χ3v) is 4.92. The summed E-state index contributed by atoms with van der Waals surface area (Å²) < 4.78 is 13.5. The first-order chi connectivity index (χ1) is 13.5. The number of H-pyrrole nitrogens is 1. The fraction of sp³-hybridized carbons (Fsp3) is 0.238. The highest BCUT2D eigenvalue weighted by molar-refractivity contribution is 5.96. The zero-order chi connectivity index (χ0) is 19.7. The van der Waals surface area contributed by atoms with Crippen LogP contribution >= 0.6 is 0 Å². The molecule has 0 saturated carbocycles. The summed E-state index contributed by atoms with van der Waals surface area (Å²) in [5.74, 6) is -0.138. The van der Waals surface area contributed by atoms with Gasteiger partial charge in [0.1, 0.15) is 11.5 Å². The molecule has 4 rings (SSSR count). The van der Waals surface area contributed by atoms with E-state index in [1.807, 2.05) is 6.07 Å². The van der Waals surface area contributed by atoms with Crippen LogP contribution in [-0.2, 0) is 17.6 Å². The number of anilines is 1. The molecule has 3 heterocycles. The van der Waals surface area contributed by atoms with Crippen LogP contribution in [0, 0.1) is 12.7 Å². The highest BCUT2D eigenvalue weighted by atomic mass is 19.1. The second-order valence-corrected chi connectivity index (χ2v) is 6.79. The Morgan fingerprint density at radius 3 is 2.89 bits per heavy atom. The first-order valence-electron chi connectivity index (χ1n) is 9.13. The molecule has 0 fully saturated rings. The Morgan fingerprint density at radius 1 is 1.29 bits per heavy atom. The summed E-state index contributed by atoms with van der Waals surface area (Å²) in [7, 11) is 0. The van der Waals surface area contributed by atoms with Crippen molar-refractivity contribution in [3.8, 4) is 11.5 Å². The number of halogens is 1. The van der Waals surface area contributed by atoms with E-state index in [1.165, 1.54) is 12.1 Å². The van der Waals surface area contributed by atoms with Crippen molar-refractivity contribution < 1.29 is 9.18 Å². The Morgan fingerprint density at radius 2 is 2.14 bits per heavy atom. The molecular weight excluding hydrogens is 359 g/mol. The van der Waals surface area contributed by atoms with Gasteiger partial charge in [0.25, 0.3) is 5.56 Å². The lowest BCUT2D eigenvalue weighted by Gasteiger charge is -2.29. The zero-order valence-corrected chi connectivity index (χ0v) is 15.4. The second-order valence-electron chi connectivity index (χ2n) is 6.79. The van der Waals surface area contributed by atoms with Crippen molar-refractivity contribution >= 4 is 11.6 Å². The Kier molecular flexibility index (Phi) is 4.73. The monoisotopic (exact) mass is 378 g/mol. The first kappa shape index (κ1) is 18.0. The van der Waals surface area contributed by atoms with Gasteiger partial charge >= 0.3 is 0 Å². The lowest BCUT2D eigenvalue weighted by molar-refractivity contribution is -0.118. The molecule has 2 aromatic heterocycles. The van der Waals surface area contributed by atoms with Crippen molar-refractivity contribution in [3.63, 3.8) is 0 Å². The molecule has 0 aliphatic carbocycles. The number of nitrogens with one attached hydrogen (secondary N) is 1. The van der Waals surface area contributed by atoms with E-state index >= 15 is 0 Å². The Balaban J connectivity index is 1.62. The van der Waals surface area contributed by atoms with Gasteiger partial charge < -0.3 is 9.88 Å². The Bertz CT molecular complexity index is 1100. The molecule has 28 heavy (non-hydrogen) atoms. The average molecular weight is 378 g/mol. The van der Waals surface area contributed by atoms with Gasteiger partial charge in [0.05, 0.1) is 6.42 Å². The van der Waals surface area contributed by atoms with Crippen LogP contribution in [0.25, 0.3) is 11.5 Å². The molecule has 1 N–H and O–H groups in total. The molecule has 0 unspecified atom stereocenters. The van der Waals surface area contributed by atoms with Crippen LogP contribution in [0.2, 0.25) is 0 Å². The minimum absolute atomic E-state index is 0.0620. The standard InChI is InChI=1S/C21H19FN4O2/c1-13-16(21(28)25-20(24-13)17-6-2-3-9-23-17)12-19(27)26-10-4-5-14-11-15(22)7-8-18(14)26/h2-3,6-9,11H,4-5,10,12H2,1H3,(H,24,25,28). The molecule has 7 heteroatoms. The van der Waals surface area contributed by atoms with Gasteiger partial charge in [-0.1, -0.05) is 6.07 Å². The number of carbonyl (C=O) groups is 1. The highest BCUT2D eigenvalue weighted by Gasteiger charge is 2.24. The van der Waals surface area contributed by atoms with Crippen LogP contribution in [0.1, 0.15) is 23.2 Å². The largest absolute Gasteiger partial charge is 0.312 e. The lowest BCUT2D eigenvalue weighted by Crippen LogP contribution is -2.38. The number of hydrogen-bond donors (Lipinski definition) is 1. The number of rotatable bonds is 3. The van der Waals surface area contributed by atoms with Gasteiger partial charge in [-0.05, 0) is 55.7 Å². The van der Waals surface area contributed by atoms with Gasteiger partial charge in [-0.3, -0.25) is 14.6 Å². The van der Waals surface area contributed by atoms with E-state index in [1.54, 1.807) is 36.2 Å². The molecular formula is C21H19FN4O2. The maximum atomic E-state index is 13.5. The topological polar surface area (TPSA) is 79.0 Å². The summed E-state index contributed by atoms with van der Waals surface area (Å²) in [6.45, 7) is 2.26. The predicted molar refractivity (Wildman–Crippen MR) is 104 cm³/mol. The molecule has 0 radical (unpaired) electrons. The molecule has 1 aliphatic rings. The molecule has 0 saturated heterocycles. The summed E-state index contributed by atoms with van der Waals surface area (Å²) in [6.07, 6.45) is 3.05. The van der Waals surface area contributed by atoms with Crippen LogP contribution < -0.4 is 10.5 Å². The molecule has 1 aliphatic heterocycles. The fourth-order valence-corrected chi connectivity index (χ4v) is 3.51. The Labute approximate surface area is 161 Å². The summed E-state index contributed by atoms with van der Waals surface area (Å²) >= 11 is 0. The van der Waals surface area contributed by atoms with Gasteiger partial charge in [0, 0.05) is 29.7 Å². The van der Waals surface area contributed by atoms with E-state index in [-0.39, 0.29) is 23.7 Å². The minimum Gasteiger partial charge on any atom is -0.312 e. The van der Waals surface area contributed by atoms with Crippen molar-refractivity contribution in [1.29, 1.82) is 0 Å². The number of amides is 1. The van der Waals surface area contributed by atoms with Crippen molar-refractivity contribution in [3.05, 3.63) is 75.6 Å². The van der Waals surface area contributed by atoms with Crippen LogP contribution in [-0.4, -0.2) is 27.4 Å². The predicted octanol–water partition coefficient (Wildman–Crippen LogP) is 2.80. The number of hydrogen-bond acceptors (Lipinski definition) is 4. The maximum Gasteiger partial charge on any atom is 0.255 e. The third-order valence-electron chi connectivity index (χ3n) is 4.92. The molecule has 0 spiro atoms. The maximum absolute atomic E-state index is 13.5. The summed E-state index contributed by atoms with van der Waals surface area (Å²) in [4.78, 5) is 38.5. The molecule has 0 atom stereocenters. The average Bonchev–Trinajstić information content (AvgIpc) is 2.70. The van der Waals surface area contributed by atoms with E-state index < -0.39 is 0 Å². The van der Waals surface area contributed by atoms with Crippen LogP contribution in [0.5, 0.6) is 0 Å². The third kappa shape index (κ3) is 3.43. The van der Waals surface area contributed by atoms with E-state index in [4.69, 9.17) is 0 Å². The number of aromatic nitrogens is 3. The number of nitrogens with zero attached hydrogens (tertiary/aromatic N) is 3. The number of aromatic amines is 1. The number of benzene rings is 1. The number of carbonyl (C=O) groups excluding carboxylic acids is 1. The number of aryl methyl sites for hydroxylation is 2. The molecule has 0 bridgehead atoms. The quantitative estimate of drug-likeness (QED) is 0.760. The summed E-state index contributed by atoms with van der Waals surface area (Å²) in [5, 5.41) is 0. The van der Waals surface area contributed by atoms with Crippen molar-refractivity contribution in [1.82, 2.24) is 15.0 Å². The summed E-state index contributed by atoms with van der Waals surface area (Å²) in [6, 6.07) is 9.80. The smallest absolute Gasteiger partial charge is 0.255 e. The van der Waals surface area contributed by atoms with Crippen molar-refractivity contribution in [2.75, 3.05) is 11.4 Å². The van der Waals surface area contributed by atoms with Crippen molar-refractivity contribution in [2.45, 2.75) is 26.2 Å². The molecule has 1 amide bonds. The van der Waals surface area contributed by atoms with Gasteiger partial charge in [-0.25, -0.2) is 9.37 Å². The van der Waals surface area contributed by atoms with Gasteiger partial charge in [0.2, 0.25) is 5.91 Å². The molecule has 6 nitrogen and oxygen atoms in total. The van der Waals surface area contributed by atoms with Crippen molar-refractivity contribution in [2.24, 2.45) is 0 Å². The Hall–Kier alpha value is -3.35. The molecule has 1 aromatic carbocycles.